The molecular formula is C14H18Cl2N2O3. The molecule has 116 valence electrons. The van der Waals surface area contributed by atoms with Crippen molar-refractivity contribution in [3.8, 4) is 5.75 Å². The minimum atomic E-state index is -0.494. The molecule has 0 saturated carbocycles. The number of aromatic nitrogens is 1. The van der Waals surface area contributed by atoms with Gasteiger partial charge >= 0.3 is 6.09 Å². The van der Waals surface area contributed by atoms with Gasteiger partial charge in [0.2, 0.25) is 0 Å². The first kappa shape index (κ1) is 16.2. The van der Waals surface area contributed by atoms with E-state index in [0.717, 1.165) is 6.42 Å². The third-order valence-electron chi connectivity index (χ3n) is 2.99. The Labute approximate surface area is 134 Å². The molecule has 1 aromatic heterocycles. The first-order valence-electron chi connectivity index (χ1n) is 6.70. The van der Waals surface area contributed by atoms with Gasteiger partial charge in [-0.15, -0.1) is 0 Å². The predicted molar refractivity (Wildman–Crippen MR) is 81.1 cm³/mol. The van der Waals surface area contributed by atoms with Crippen LogP contribution in [-0.4, -0.2) is 40.8 Å². The van der Waals surface area contributed by atoms with Crippen molar-refractivity contribution >= 4 is 29.3 Å². The van der Waals surface area contributed by atoms with Crippen LogP contribution in [0, 0.1) is 0 Å². The van der Waals surface area contributed by atoms with E-state index in [0.29, 0.717) is 23.9 Å². The van der Waals surface area contributed by atoms with Gasteiger partial charge in [-0.1, -0.05) is 23.2 Å². The molecule has 1 aliphatic rings. The van der Waals surface area contributed by atoms with Crippen molar-refractivity contribution in [3.05, 3.63) is 22.4 Å². The molecule has 1 atom stereocenters. The average Bonchev–Trinajstić information content (AvgIpc) is 2.30. The number of rotatable bonds is 3. The van der Waals surface area contributed by atoms with Crippen molar-refractivity contribution in [3.63, 3.8) is 0 Å². The molecule has 21 heavy (non-hydrogen) atoms. The number of hydrogen-bond acceptors (Lipinski definition) is 4. The zero-order chi connectivity index (χ0) is 15.6. The summed E-state index contributed by atoms with van der Waals surface area (Å²) in [4.78, 5) is 17.5. The van der Waals surface area contributed by atoms with Crippen molar-refractivity contribution < 1.29 is 14.3 Å². The van der Waals surface area contributed by atoms with Crippen molar-refractivity contribution in [1.29, 1.82) is 0 Å². The van der Waals surface area contributed by atoms with Crippen LogP contribution in [-0.2, 0) is 4.74 Å². The summed E-state index contributed by atoms with van der Waals surface area (Å²) >= 11 is 11.6. The lowest BCUT2D eigenvalue weighted by atomic mass is 10.1. The molecule has 7 heteroatoms. The summed E-state index contributed by atoms with van der Waals surface area (Å²) in [7, 11) is 0. The summed E-state index contributed by atoms with van der Waals surface area (Å²) < 4.78 is 10.9. The van der Waals surface area contributed by atoms with E-state index < -0.39 is 5.60 Å². The summed E-state index contributed by atoms with van der Waals surface area (Å²) in [6.45, 7) is 6.59. The molecule has 2 heterocycles. The number of likely N-dealkylation sites (tertiary alicyclic amines) is 1. The van der Waals surface area contributed by atoms with Crippen LogP contribution in [0.15, 0.2) is 12.3 Å². The third-order valence-corrected chi connectivity index (χ3v) is 3.67. The van der Waals surface area contributed by atoms with E-state index >= 15 is 0 Å². The Morgan fingerprint density at radius 3 is 2.71 bits per heavy atom. The molecule has 0 spiro atoms. The molecule has 0 aromatic carbocycles. The molecule has 1 saturated heterocycles. The van der Waals surface area contributed by atoms with Gasteiger partial charge in [0.15, 0.2) is 0 Å². The quantitative estimate of drug-likeness (QED) is 0.790. The van der Waals surface area contributed by atoms with Crippen LogP contribution in [0.4, 0.5) is 4.79 Å². The van der Waals surface area contributed by atoms with Gasteiger partial charge in [-0.2, -0.15) is 0 Å². The second-order valence-corrected chi connectivity index (χ2v) is 6.64. The Bertz CT molecular complexity index is 531. The fraction of sp³-hybridized carbons (Fsp3) is 0.571. The van der Waals surface area contributed by atoms with E-state index in [1.165, 1.54) is 6.20 Å². The van der Waals surface area contributed by atoms with E-state index in [2.05, 4.69) is 4.98 Å². The fourth-order valence-electron chi connectivity index (χ4n) is 1.85. The van der Waals surface area contributed by atoms with Crippen molar-refractivity contribution in [1.82, 2.24) is 9.88 Å². The monoisotopic (exact) mass is 332 g/mol. The Morgan fingerprint density at radius 1 is 1.48 bits per heavy atom. The van der Waals surface area contributed by atoms with Crippen LogP contribution in [0.1, 0.15) is 27.2 Å². The molecular weight excluding hydrogens is 315 g/mol. The number of halogens is 2. The van der Waals surface area contributed by atoms with Crippen molar-refractivity contribution in [2.24, 2.45) is 0 Å². The molecule has 0 N–H and O–H groups in total. The molecule has 1 aromatic rings. The number of amides is 1. The van der Waals surface area contributed by atoms with E-state index in [1.807, 2.05) is 20.8 Å². The summed E-state index contributed by atoms with van der Waals surface area (Å²) in [5, 5.41) is 0.579. The van der Waals surface area contributed by atoms with Crippen molar-refractivity contribution in [2.45, 2.75) is 38.8 Å². The second-order valence-electron chi connectivity index (χ2n) is 5.87. The number of ether oxygens (including phenoxy) is 2. The van der Waals surface area contributed by atoms with E-state index in [-0.39, 0.29) is 17.3 Å². The molecule has 0 radical (unpaired) electrons. The van der Waals surface area contributed by atoms with Gasteiger partial charge in [-0.05, 0) is 27.2 Å². The highest BCUT2D eigenvalue weighted by atomic mass is 35.5. The molecule has 1 aliphatic heterocycles. The Morgan fingerprint density at radius 2 is 2.19 bits per heavy atom. The lowest BCUT2D eigenvalue weighted by Crippen LogP contribution is -2.55. The number of carbonyl (C=O) groups excluding carboxylic acids is 1. The maximum absolute atomic E-state index is 12.0. The van der Waals surface area contributed by atoms with Crippen molar-refractivity contribution in [2.75, 3.05) is 13.2 Å². The normalized spacial score (nSPS) is 18.1. The zero-order valence-corrected chi connectivity index (χ0v) is 13.7. The lowest BCUT2D eigenvalue weighted by molar-refractivity contribution is -0.0141. The zero-order valence-electron chi connectivity index (χ0n) is 12.2. The fourth-order valence-corrected chi connectivity index (χ4v) is 2.11. The Hall–Kier alpha value is -1.20. The molecule has 1 amide bonds. The molecule has 1 fully saturated rings. The van der Waals surface area contributed by atoms with E-state index in [1.54, 1.807) is 11.0 Å². The molecule has 2 rings (SSSR count). The highest BCUT2D eigenvalue weighted by Gasteiger charge is 2.35. The van der Waals surface area contributed by atoms with Gasteiger partial charge in [0.05, 0.1) is 17.3 Å². The number of carbonyl (C=O) groups is 1. The minimum Gasteiger partial charge on any atom is -0.490 e. The van der Waals surface area contributed by atoms with Gasteiger partial charge in [0.25, 0.3) is 0 Å². The van der Waals surface area contributed by atoms with Crippen LogP contribution >= 0.6 is 23.2 Å². The smallest absolute Gasteiger partial charge is 0.410 e. The van der Waals surface area contributed by atoms with Gasteiger partial charge in [-0.3, -0.25) is 0 Å². The Kier molecular flexibility index (Phi) is 4.84. The summed E-state index contributed by atoms with van der Waals surface area (Å²) in [5.41, 5.74) is -0.494. The standard InChI is InChI=1S/C14H18Cl2N2O3/c1-14(2,3)21-13(19)18-5-4-9(18)8-20-10-6-11(15)12(16)17-7-10/h6-7,9H,4-5,8H2,1-3H3/t9-/m0/s1. The van der Waals surface area contributed by atoms with Gasteiger partial charge in [0, 0.05) is 12.6 Å². The number of nitrogens with zero attached hydrogens (tertiary/aromatic N) is 2. The number of hydrogen-bond donors (Lipinski definition) is 0. The van der Waals surface area contributed by atoms with E-state index in [4.69, 9.17) is 32.7 Å². The molecule has 0 bridgehead atoms. The van der Waals surface area contributed by atoms with Gasteiger partial charge < -0.3 is 14.4 Å². The summed E-state index contributed by atoms with van der Waals surface area (Å²) in [5.74, 6) is 0.528. The van der Waals surface area contributed by atoms with Gasteiger partial charge in [-0.25, -0.2) is 9.78 Å². The predicted octanol–water partition coefficient (Wildman–Crippen LogP) is 3.78. The minimum absolute atomic E-state index is 0.00861. The topological polar surface area (TPSA) is 51.7 Å². The second kappa shape index (κ2) is 6.28. The molecule has 0 aliphatic carbocycles. The summed E-state index contributed by atoms with van der Waals surface area (Å²) in [6.07, 6.45) is 2.08. The third kappa shape index (κ3) is 4.38. The maximum atomic E-state index is 12.0. The average molecular weight is 333 g/mol. The van der Waals surface area contributed by atoms with Gasteiger partial charge in [0.1, 0.15) is 23.1 Å². The highest BCUT2D eigenvalue weighted by Crippen LogP contribution is 2.26. The highest BCUT2D eigenvalue weighted by molar-refractivity contribution is 6.41. The first-order valence-corrected chi connectivity index (χ1v) is 7.45. The van der Waals surface area contributed by atoms with Crippen LogP contribution in [0.5, 0.6) is 5.75 Å². The van der Waals surface area contributed by atoms with Crippen LogP contribution in [0.2, 0.25) is 10.2 Å². The number of pyridine rings is 1. The maximum Gasteiger partial charge on any atom is 0.410 e. The van der Waals surface area contributed by atoms with E-state index in [9.17, 15) is 4.79 Å². The largest absolute Gasteiger partial charge is 0.490 e. The Balaban J connectivity index is 1.86. The van der Waals surface area contributed by atoms with Crippen LogP contribution in [0.3, 0.4) is 0 Å². The summed E-state index contributed by atoms with van der Waals surface area (Å²) in [6, 6.07) is 1.61. The molecule has 0 unspecified atom stereocenters. The SMILES string of the molecule is CC(C)(C)OC(=O)N1CC[C@H]1COc1cnc(Cl)c(Cl)c1. The van der Waals surface area contributed by atoms with Crippen LogP contribution in [0.25, 0.3) is 0 Å². The lowest BCUT2D eigenvalue weighted by Gasteiger charge is -2.40. The van der Waals surface area contributed by atoms with Crippen LogP contribution < -0.4 is 4.74 Å². The molecule has 5 nitrogen and oxygen atoms in total. The first-order chi connectivity index (χ1) is 9.76.